The summed E-state index contributed by atoms with van der Waals surface area (Å²) in [6.07, 6.45) is 1.83. The molecule has 0 fully saturated rings. The van der Waals surface area contributed by atoms with Gasteiger partial charge in [-0.2, -0.15) is 0 Å². The van der Waals surface area contributed by atoms with E-state index in [2.05, 4.69) is 62.0 Å². The van der Waals surface area contributed by atoms with Crippen molar-refractivity contribution in [1.29, 1.82) is 0 Å². The van der Waals surface area contributed by atoms with E-state index in [1.165, 1.54) is 11.4 Å². The number of hydrogen-bond acceptors (Lipinski definition) is 3. The topological polar surface area (TPSA) is 19.4 Å². The normalized spacial score (nSPS) is 14.6. The number of hydrogen-bond donors (Lipinski definition) is 0. The summed E-state index contributed by atoms with van der Waals surface area (Å²) in [5, 5.41) is 0. The van der Waals surface area contributed by atoms with Crippen LogP contribution in [0.5, 0.6) is 0 Å². The van der Waals surface area contributed by atoms with E-state index >= 15 is 0 Å². The van der Waals surface area contributed by atoms with Crippen LogP contribution in [-0.2, 0) is 0 Å². The predicted octanol–water partition coefficient (Wildman–Crippen LogP) is 3.43. The van der Waals surface area contributed by atoms with Gasteiger partial charge in [-0.05, 0) is 40.2 Å². The largest absolute Gasteiger partial charge is 0.371 e. The summed E-state index contributed by atoms with van der Waals surface area (Å²) in [5.74, 6) is 0.984. The number of para-hydroxylation sites is 2. The summed E-state index contributed by atoms with van der Waals surface area (Å²) in [5.41, 5.74) is 2.46. The summed E-state index contributed by atoms with van der Waals surface area (Å²) < 4.78 is 1.03. The van der Waals surface area contributed by atoms with E-state index in [0.717, 1.165) is 23.4 Å². The molecule has 0 radical (unpaired) electrons. The first-order chi connectivity index (χ1) is 8.77. The zero-order valence-electron chi connectivity index (χ0n) is 10.2. The number of rotatable bonds is 1. The highest BCUT2D eigenvalue weighted by Gasteiger charge is 2.22. The summed E-state index contributed by atoms with van der Waals surface area (Å²) in [6, 6.07) is 12.4. The van der Waals surface area contributed by atoms with Crippen LogP contribution in [0, 0.1) is 0 Å². The third-order valence-corrected chi connectivity index (χ3v) is 3.86. The van der Waals surface area contributed by atoms with E-state index in [9.17, 15) is 0 Å². The van der Waals surface area contributed by atoms with Crippen molar-refractivity contribution < 1.29 is 0 Å². The van der Waals surface area contributed by atoms with Crippen LogP contribution in [0.2, 0.25) is 0 Å². The SMILES string of the molecule is CN1CCN(c2ncccc2Br)c2ccccc21. The number of benzene rings is 1. The standard InChI is InChI=1S/C14H14BrN3/c1-17-9-10-18(13-7-3-2-6-12(13)17)14-11(15)5-4-8-16-14/h2-8H,9-10H2,1H3. The molecule has 1 aromatic heterocycles. The predicted molar refractivity (Wildman–Crippen MR) is 78.7 cm³/mol. The van der Waals surface area contributed by atoms with Gasteiger partial charge in [0, 0.05) is 26.3 Å². The molecule has 1 aliphatic rings. The van der Waals surface area contributed by atoms with Crippen molar-refractivity contribution >= 4 is 33.1 Å². The number of anilines is 3. The number of fused-ring (bicyclic) bond motifs is 1. The van der Waals surface area contributed by atoms with Gasteiger partial charge in [-0.3, -0.25) is 0 Å². The van der Waals surface area contributed by atoms with Crippen molar-refractivity contribution in [3.05, 3.63) is 47.1 Å². The second-order valence-electron chi connectivity index (χ2n) is 4.37. The highest BCUT2D eigenvalue weighted by atomic mass is 79.9. The van der Waals surface area contributed by atoms with Crippen LogP contribution in [-0.4, -0.2) is 25.1 Å². The van der Waals surface area contributed by atoms with E-state index < -0.39 is 0 Å². The lowest BCUT2D eigenvalue weighted by Gasteiger charge is -2.36. The minimum atomic E-state index is 0.948. The molecular weight excluding hydrogens is 290 g/mol. The fourth-order valence-corrected chi connectivity index (χ4v) is 2.77. The van der Waals surface area contributed by atoms with E-state index in [-0.39, 0.29) is 0 Å². The Kier molecular flexibility index (Phi) is 2.96. The fraction of sp³-hybridized carbons (Fsp3) is 0.214. The van der Waals surface area contributed by atoms with Crippen LogP contribution >= 0.6 is 15.9 Å². The molecule has 0 atom stereocenters. The lowest BCUT2D eigenvalue weighted by molar-refractivity contribution is 0.812. The first-order valence-electron chi connectivity index (χ1n) is 5.95. The molecule has 0 amide bonds. The molecule has 18 heavy (non-hydrogen) atoms. The minimum Gasteiger partial charge on any atom is -0.371 e. The molecule has 0 bridgehead atoms. The lowest BCUT2D eigenvalue weighted by atomic mass is 10.1. The van der Waals surface area contributed by atoms with E-state index in [1.54, 1.807) is 0 Å². The average Bonchev–Trinajstić information content (AvgIpc) is 2.41. The fourth-order valence-electron chi connectivity index (χ4n) is 2.30. The summed E-state index contributed by atoms with van der Waals surface area (Å²) in [6.45, 7) is 1.95. The molecular formula is C14H14BrN3. The quantitative estimate of drug-likeness (QED) is 0.804. The van der Waals surface area contributed by atoms with Gasteiger partial charge in [-0.1, -0.05) is 12.1 Å². The molecule has 0 N–H and O–H groups in total. The van der Waals surface area contributed by atoms with Crippen LogP contribution in [0.1, 0.15) is 0 Å². The maximum absolute atomic E-state index is 4.49. The smallest absolute Gasteiger partial charge is 0.147 e. The van der Waals surface area contributed by atoms with Crippen molar-refractivity contribution in [3.63, 3.8) is 0 Å². The second-order valence-corrected chi connectivity index (χ2v) is 5.23. The Labute approximate surface area is 115 Å². The number of nitrogens with zero attached hydrogens (tertiary/aromatic N) is 3. The number of likely N-dealkylation sites (N-methyl/N-ethyl adjacent to an activating group) is 1. The van der Waals surface area contributed by atoms with Crippen LogP contribution in [0.3, 0.4) is 0 Å². The number of halogens is 1. The monoisotopic (exact) mass is 303 g/mol. The highest BCUT2D eigenvalue weighted by Crippen LogP contribution is 2.38. The van der Waals surface area contributed by atoms with Gasteiger partial charge in [0.2, 0.25) is 0 Å². The Morgan fingerprint density at radius 2 is 1.83 bits per heavy atom. The van der Waals surface area contributed by atoms with Crippen LogP contribution < -0.4 is 9.80 Å². The van der Waals surface area contributed by atoms with Crippen molar-refractivity contribution in [2.75, 3.05) is 29.9 Å². The summed E-state index contributed by atoms with van der Waals surface area (Å²) >= 11 is 3.58. The van der Waals surface area contributed by atoms with Crippen LogP contribution in [0.4, 0.5) is 17.2 Å². The summed E-state index contributed by atoms with van der Waals surface area (Å²) in [4.78, 5) is 9.03. The third-order valence-electron chi connectivity index (χ3n) is 3.24. The Morgan fingerprint density at radius 3 is 2.61 bits per heavy atom. The molecule has 0 saturated heterocycles. The Bertz CT molecular complexity index is 570. The van der Waals surface area contributed by atoms with E-state index in [4.69, 9.17) is 0 Å². The van der Waals surface area contributed by atoms with Gasteiger partial charge >= 0.3 is 0 Å². The van der Waals surface area contributed by atoms with Gasteiger partial charge in [-0.25, -0.2) is 4.98 Å². The zero-order valence-corrected chi connectivity index (χ0v) is 11.8. The molecule has 3 nitrogen and oxygen atoms in total. The Balaban J connectivity index is 2.11. The lowest BCUT2D eigenvalue weighted by Crippen LogP contribution is -2.36. The maximum atomic E-state index is 4.49. The first-order valence-corrected chi connectivity index (χ1v) is 6.75. The van der Waals surface area contributed by atoms with Gasteiger partial charge < -0.3 is 9.80 Å². The van der Waals surface area contributed by atoms with E-state index in [0.29, 0.717) is 0 Å². The molecule has 4 heteroatoms. The molecule has 2 heterocycles. The van der Waals surface area contributed by atoms with Crippen molar-refractivity contribution in [2.24, 2.45) is 0 Å². The highest BCUT2D eigenvalue weighted by molar-refractivity contribution is 9.10. The van der Waals surface area contributed by atoms with Gasteiger partial charge in [0.15, 0.2) is 0 Å². The Hall–Kier alpha value is -1.55. The molecule has 0 unspecified atom stereocenters. The van der Waals surface area contributed by atoms with Crippen molar-refractivity contribution in [1.82, 2.24) is 4.98 Å². The van der Waals surface area contributed by atoms with Crippen molar-refractivity contribution in [3.8, 4) is 0 Å². The second kappa shape index (κ2) is 4.61. The molecule has 1 aliphatic heterocycles. The van der Waals surface area contributed by atoms with Gasteiger partial charge in [-0.15, -0.1) is 0 Å². The zero-order chi connectivity index (χ0) is 12.5. The van der Waals surface area contributed by atoms with Crippen molar-refractivity contribution in [2.45, 2.75) is 0 Å². The Morgan fingerprint density at radius 1 is 1.06 bits per heavy atom. The van der Waals surface area contributed by atoms with Crippen LogP contribution in [0.15, 0.2) is 47.1 Å². The minimum absolute atomic E-state index is 0.948. The average molecular weight is 304 g/mol. The summed E-state index contributed by atoms with van der Waals surface area (Å²) in [7, 11) is 2.13. The van der Waals surface area contributed by atoms with E-state index in [1.807, 2.05) is 18.3 Å². The van der Waals surface area contributed by atoms with Gasteiger partial charge in [0.1, 0.15) is 5.82 Å². The molecule has 1 aromatic carbocycles. The first kappa shape index (κ1) is 11.5. The van der Waals surface area contributed by atoms with Gasteiger partial charge in [0.25, 0.3) is 0 Å². The molecule has 92 valence electrons. The molecule has 0 spiro atoms. The van der Waals surface area contributed by atoms with Gasteiger partial charge in [0.05, 0.1) is 15.8 Å². The maximum Gasteiger partial charge on any atom is 0.147 e. The molecule has 2 aromatic rings. The van der Waals surface area contributed by atoms with Crippen LogP contribution in [0.25, 0.3) is 0 Å². The molecule has 0 aliphatic carbocycles. The molecule has 3 rings (SSSR count). The third kappa shape index (κ3) is 1.86. The number of aromatic nitrogens is 1. The number of pyridine rings is 1. The molecule has 0 saturated carbocycles.